The van der Waals surface area contributed by atoms with Crippen LogP contribution in [-0.4, -0.2) is 17.9 Å². The van der Waals surface area contributed by atoms with Crippen molar-refractivity contribution in [1.29, 1.82) is 0 Å². The fourth-order valence-electron chi connectivity index (χ4n) is 2.08. The van der Waals surface area contributed by atoms with Crippen LogP contribution >= 0.6 is 31.9 Å². The van der Waals surface area contributed by atoms with Crippen molar-refractivity contribution in [3.63, 3.8) is 0 Å². The highest BCUT2D eigenvalue weighted by atomic mass is 79.9. The van der Waals surface area contributed by atoms with Crippen molar-refractivity contribution in [3.05, 3.63) is 70.2 Å². The third kappa shape index (κ3) is 3.13. The number of carbonyl (C=O) groups excluding carboxylic acids is 2. The summed E-state index contributed by atoms with van der Waals surface area (Å²) in [6.07, 6.45) is -2.20. The van der Waals surface area contributed by atoms with E-state index in [2.05, 4.69) is 31.9 Å². The van der Waals surface area contributed by atoms with Gasteiger partial charge in [-0.2, -0.15) is 0 Å². The van der Waals surface area contributed by atoms with E-state index in [0.29, 0.717) is 5.56 Å². The Morgan fingerprint density at radius 2 is 1.59 bits per heavy atom. The summed E-state index contributed by atoms with van der Waals surface area (Å²) in [6, 6.07) is 14.6. The normalized spacial score (nSPS) is 14.9. The van der Waals surface area contributed by atoms with Gasteiger partial charge >= 0.3 is 0 Å². The SMILES string of the molecule is NC(=O)C(F)C(Br)(C(=O)c1ccc(Br)cc1)c1ccccc1. The van der Waals surface area contributed by atoms with E-state index in [1.165, 1.54) is 0 Å². The molecule has 2 aromatic carbocycles. The lowest BCUT2D eigenvalue weighted by Crippen LogP contribution is -2.46. The summed E-state index contributed by atoms with van der Waals surface area (Å²) in [5, 5.41) is 0. The number of primary amides is 1. The molecule has 2 rings (SSSR count). The summed E-state index contributed by atoms with van der Waals surface area (Å²) >= 11 is 6.41. The maximum absolute atomic E-state index is 14.5. The number of ketones is 1. The highest BCUT2D eigenvalue weighted by Crippen LogP contribution is 2.40. The molecule has 2 atom stereocenters. The topological polar surface area (TPSA) is 60.2 Å². The van der Waals surface area contributed by atoms with Crippen molar-refractivity contribution in [3.8, 4) is 0 Å². The first kappa shape index (κ1) is 16.8. The minimum Gasteiger partial charge on any atom is -0.367 e. The Bertz CT molecular complexity index is 691. The van der Waals surface area contributed by atoms with E-state index in [-0.39, 0.29) is 5.56 Å². The lowest BCUT2D eigenvalue weighted by Gasteiger charge is -2.28. The highest BCUT2D eigenvalue weighted by molar-refractivity contribution is 9.10. The monoisotopic (exact) mass is 427 g/mol. The molecule has 0 bridgehead atoms. The average molecular weight is 429 g/mol. The molecule has 3 nitrogen and oxygen atoms in total. The van der Waals surface area contributed by atoms with Crippen molar-refractivity contribution in [1.82, 2.24) is 0 Å². The van der Waals surface area contributed by atoms with E-state index in [4.69, 9.17) is 5.73 Å². The summed E-state index contributed by atoms with van der Waals surface area (Å²) in [5.41, 5.74) is 5.69. The quantitative estimate of drug-likeness (QED) is 0.582. The Morgan fingerprint density at radius 3 is 2.09 bits per heavy atom. The molecule has 0 aromatic heterocycles. The van der Waals surface area contributed by atoms with Gasteiger partial charge in [0.05, 0.1) is 0 Å². The molecule has 0 radical (unpaired) electrons. The molecule has 0 aliphatic heterocycles. The summed E-state index contributed by atoms with van der Waals surface area (Å²) in [4.78, 5) is 24.2. The lowest BCUT2D eigenvalue weighted by atomic mass is 9.86. The number of amides is 1. The molecule has 0 aliphatic carbocycles. The Labute approximate surface area is 144 Å². The van der Waals surface area contributed by atoms with Gasteiger partial charge in [-0.1, -0.05) is 74.3 Å². The Balaban J connectivity index is 2.56. The van der Waals surface area contributed by atoms with Gasteiger partial charge < -0.3 is 5.73 Å². The van der Waals surface area contributed by atoms with Crippen LogP contribution in [0.4, 0.5) is 4.39 Å². The molecule has 2 unspecified atom stereocenters. The van der Waals surface area contributed by atoms with E-state index in [1.807, 2.05) is 0 Å². The van der Waals surface area contributed by atoms with Crippen molar-refractivity contribution >= 4 is 43.6 Å². The van der Waals surface area contributed by atoms with Gasteiger partial charge in [-0.3, -0.25) is 9.59 Å². The summed E-state index contributed by atoms with van der Waals surface area (Å²) in [6.45, 7) is 0. The second-order valence-corrected chi connectivity index (χ2v) is 6.85. The minimum absolute atomic E-state index is 0.271. The zero-order chi connectivity index (χ0) is 16.3. The Hall–Kier alpha value is -1.53. The molecule has 0 fully saturated rings. The third-order valence-corrected chi connectivity index (χ3v) is 4.98. The Kier molecular flexibility index (Phi) is 5.13. The average Bonchev–Trinajstić information content (AvgIpc) is 2.54. The largest absolute Gasteiger partial charge is 0.367 e. The number of benzene rings is 2. The van der Waals surface area contributed by atoms with Crippen LogP contribution < -0.4 is 5.73 Å². The fraction of sp³-hybridized carbons (Fsp3) is 0.125. The van der Waals surface area contributed by atoms with Gasteiger partial charge in [0.1, 0.15) is 0 Å². The van der Waals surface area contributed by atoms with Crippen molar-refractivity contribution in [2.75, 3.05) is 0 Å². The number of hydrogen-bond donors (Lipinski definition) is 1. The molecule has 2 N–H and O–H groups in total. The maximum Gasteiger partial charge on any atom is 0.254 e. The molecule has 6 heteroatoms. The number of carbonyl (C=O) groups is 2. The molecular formula is C16H12Br2FNO2. The number of halogens is 3. The van der Waals surface area contributed by atoms with Crippen LogP contribution in [0.3, 0.4) is 0 Å². The van der Waals surface area contributed by atoms with Crippen LogP contribution in [0.2, 0.25) is 0 Å². The molecule has 114 valence electrons. The predicted molar refractivity (Wildman–Crippen MR) is 89.6 cm³/mol. The number of rotatable bonds is 5. The maximum atomic E-state index is 14.5. The van der Waals surface area contributed by atoms with E-state index in [0.717, 1.165) is 4.47 Å². The van der Waals surface area contributed by atoms with Gasteiger partial charge in [0, 0.05) is 10.0 Å². The summed E-state index contributed by atoms with van der Waals surface area (Å²) in [7, 11) is 0. The lowest BCUT2D eigenvalue weighted by molar-refractivity contribution is -0.123. The molecule has 2 aromatic rings. The summed E-state index contributed by atoms with van der Waals surface area (Å²) < 4.78 is 13.5. The van der Waals surface area contributed by atoms with Crippen LogP contribution in [0, 0.1) is 0 Å². The second kappa shape index (κ2) is 6.71. The van der Waals surface area contributed by atoms with Gasteiger partial charge in [-0.05, 0) is 17.7 Å². The van der Waals surface area contributed by atoms with E-state index < -0.39 is 22.2 Å². The molecule has 0 heterocycles. The van der Waals surface area contributed by atoms with E-state index >= 15 is 0 Å². The van der Waals surface area contributed by atoms with Gasteiger partial charge in [0.25, 0.3) is 5.91 Å². The predicted octanol–water partition coefficient (Wildman–Crippen LogP) is 3.75. The van der Waals surface area contributed by atoms with Crippen molar-refractivity contribution < 1.29 is 14.0 Å². The first-order chi connectivity index (χ1) is 10.4. The number of nitrogens with two attached hydrogens (primary N) is 1. The summed E-state index contributed by atoms with van der Waals surface area (Å²) in [5.74, 6) is -1.77. The minimum atomic E-state index is -2.20. The Morgan fingerprint density at radius 1 is 1.05 bits per heavy atom. The molecule has 0 saturated heterocycles. The van der Waals surface area contributed by atoms with Crippen LogP contribution in [-0.2, 0) is 9.12 Å². The van der Waals surface area contributed by atoms with Crippen LogP contribution in [0.15, 0.2) is 59.1 Å². The van der Waals surface area contributed by atoms with E-state index in [9.17, 15) is 14.0 Å². The first-order valence-corrected chi connectivity index (χ1v) is 7.94. The molecule has 0 aliphatic rings. The van der Waals surface area contributed by atoms with Gasteiger partial charge in [0.15, 0.2) is 10.1 Å². The first-order valence-electron chi connectivity index (χ1n) is 6.35. The van der Waals surface area contributed by atoms with Gasteiger partial charge in [-0.15, -0.1) is 0 Å². The van der Waals surface area contributed by atoms with Crippen LogP contribution in [0.5, 0.6) is 0 Å². The van der Waals surface area contributed by atoms with Crippen molar-refractivity contribution in [2.24, 2.45) is 5.73 Å². The van der Waals surface area contributed by atoms with Crippen LogP contribution in [0.1, 0.15) is 15.9 Å². The second-order valence-electron chi connectivity index (χ2n) is 4.68. The molecule has 0 spiro atoms. The third-order valence-electron chi connectivity index (χ3n) is 3.23. The van der Waals surface area contributed by atoms with Crippen molar-refractivity contribution in [2.45, 2.75) is 10.5 Å². The molecule has 1 amide bonds. The molecular weight excluding hydrogens is 417 g/mol. The molecule has 0 saturated carbocycles. The highest BCUT2D eigenvalue weighted by Gasteiger charge is 2.48. The number of alkyl halides is 2. The van der Waals surface area contributed by atoms with Crippen LogP contribution in [0.25, 0.3) is 0 Å². The fourth-order valence-corrected chi connectivity index (χ4v) is 3.06. The zero-order valence-electron chi connectivity index (χ0n) is 11.3. The smallest absolute Gasteiger partial charge is 0.254 e. The number of hydrogen-bond acceptors (Lipinski definition) is 2. The standard InChI is InChI=1S/C16H12Br2FNO2/c17-12-8-6-10(7-9-12)14(21)16(18,13(19)15(20)22)11-4-2-1-3-5-11/h1-9,13H,(H2,20,22). The zero-order valence-corrected chi connectivity index (χ0v) is 14.5. The van der Waals surface area contributed by atoms with Gasteiger partial charge in [-0.25, -0.2) is 4.39 Å². The molecule has 22 heavy (non-hydrogen) atoms. The van der Waals surface area contributed by atoms with E-state index in [1.54, 1.807) is 54.6 Å². The number of Topliss-reactive ketones (excluding diaryl/α,β-unsaturated/α-hetero) is 1. The van der Waals surface area contributed by atoms with Gasteiger partial charge in [0.2, 0.25) is 6.17 Å².